The third-order valence-corrected chi connectivity index (χ3v) is 6.62. The summed E-state index contributed by atoms with van der Waals surface area (Å²) >= 11 is 7.32. The third kappa shape index (κ3) is 6.58. The van der Waals surface area contributed by atoms with Gasteiger partial charge in [0.25, 0.3) is 0 Å². The van der Waals surface area contributed by atoms with Gasteiger partial charge in [0.15, 0.2) is 0 Å². The molecule has 1 aliphatic rings. The molecule has 2 aromatic heterocycles. The van der Waals surface area contributed by atoms with E-state index in [1.54, 1.807) is 25.6 Å². The lowest BCUT2D eigenvalue weighted by Crippen LogP contribution is -2.23. The van der Waals surface area contributed by atoms with Crippen LogP contribution in [-0.4, -0.2) is 28.1 Å². The van der Waals surface area contributed by atoms with Crippen LogP contribution in [0.5, 0.6) is 5.88 Å². The molecule has 172 valence electrons. The van der Waals surface area contributed by atoms with Gasteiger partial charge in [0, 0.05) is 34.5 Å². The van der Waals surface area contributed by atoms with Crippen molar-refractivity contribution in [3.63, 3.8) is 0 Å². The van der Waals surface area contributed by atoms with E-state index in [9.17, 15) is 4.39 Å². The molecule has 1 fully saturated rings. The van der Waals surface area contributed by atoms with Crippen molar-refractivity contribution in [2.45, 2.75) is 43.0 Å². The van der Waals surface area contributed by atoms with E-state index < -0.39 is 0 Å². The summed E-state index contributed by atoms with van der Waals surface area (Å²) in [6.45, 7) is 0. The number of methoxy groups -OCH3 is 1. The Hall–Kier alpha value is -2.84. The van der Waals surface area contributed by atoms with E-state index in [1.807, 2.05) is 24.3 Å². The van der Waals surface area contributed by atoms with Crippen molar-refractivity contribution in [1.82, 2.24) is 15.0 Å². The molecule has 0 spiro atoms. The van der Waals surface area contributed by atoms with Crippen LogP contribution in [0.25, 0.3) is 12.2 Å². The van der Waals surface area contributed by atoms with E-state index >= 15 is 0 Å². The molecule has 2 N–H and O–H groups in total. The molecule has 2 heterocycles. The lowest BCUT2D eigenvalue weighted by atomic mass is 9.96. The molecule has 3 aromatic rings. The molecule has 0 unspecified atom stereocenters. The Bertz CT molecular complexity index is 1110. The van der Waals surface area contributed by atoms with E-state index in [-0.39, 0.29) is 5.82 Å². The van der Waals surface area contributed by atoms with Crippen molar-refractivity contribution in [2.24, 2.45) is 0 Å². The zero-order valence-electron chi connectivity index (χ0n) is 18.2. The highest BCUT2D eigenvalue weighted by Gasteiger charge is 2.13. The van der Waals surface area contributed by atoms with Crippen LogP contribution < -0.4 is 14.8 Å². The molecule has 0 amide bonds. The van der Waals surface area contributed by atoms with Crippen LogP contribution in [0.1, 0.15) is 43.2 Å². The van der Waals surface area contributed by atoms with Gasteiger partial charge in [-0.1, -0.05) is 36.9 Å². The maximum atomic E-state index is 13.2. The maximum Gasteiger partial charge on any atom is 0.222 e. The molecule has 1 aliphatic carbocycles. The molecule has 0 atom stereocenters. The molecule has 1 saturated carbocycles. The van der Waals surface area contributed by atoms with Gasteiger partial charge in [-0.2, -0.15) is 4.98 Å². The number of ether oxygens (including phenoxy) is 1. The van der Waals surface area contributed by atoms with E-state index in [1.165, 1.54) is 56.2 Å². The van der Waals surface area contributed by atoms with Crippen molar-refractivity contribution in [1.29, 1.82) is 0 Å². The Morgan fingerprint density at radius 2 is 1.88 bits per heavy atom. The van der Waals surface area contributed by atoms with Gasteiger partial charge in [0.05, 0.1) is 12.1 Å². The second kappa shape index (κ2) is 11.3. The maximum absolute atomic E-state index is 13.2. The van der Waals surface area contributed by atoms with Crippen LogP contribution in [0, 0.1) is 5.82 Å². The minimum absolute atomic E-state index is 0.334. The van der Waals surface area contributed by atoms with E-state index in [0.29, 0.717) is 33.6 Å². The minimum atomic E-state index is -0.374. The number of anilines is 2. The lowest BCUT2D eigenvalue weighted by molar-refractivity contribution is 0.397. The molecular formula is C24H25ClFN5OS. The van der Waals surface area contributed by atoms with Crippen LogP contribution in [0.4, 0.5) is 16.2 Å². The summed E-state index contributed by atoms with van der Waals surface area (Å²) in [7, 11) is 1.57. The lowest BCUT2D eigenvalue weighted by Gasteiger charge is -2.22. The van der Waals surface area contributed by atoms with Gasteiger partial charge in [-0.3, -0.25) is 0 Å². The van der Waals surface area contributed by atoms with Gasteiger partial charge in [-0.25, -0.2) is 14.4 Å². The van der Waals surface area contributed by atoms with Crippen LogP contribution in [0.2, 0.25) is 5.02 Å². The average Bonchev–Trinajstić information content (AvgIpc) is 2.84. The molecule has 0 saturated heterocycles. The topological polar surface area (TPSA) is 72.0 Å². The fourth-order valence-corrected chi connectivity index (χ4v) is 4.48. The highest BCUT2D eigenvalue weighted by atomic mass is 35.5. The monoisotopic (exact) mass is 485 g/mol. The summed E-state index contributed by atoms with van der Waals surface area (Å²) in [5, 5.41) is 3.76. The summed E-state index contributed by atoms with van der Waals surface area (Å²) in [4.78, 5) is 14.1. The highest BCUT2D eigenvalue weighted by Crippen LogP contribution is 2.29. The molecule has 0 radical (unpaired) electrons. The fourth-order valence-electron chi connectivity index (χ4n) is 3.58. The van der Waals surface area contributed by atoms with Crippen molar-refractivity contribution >= 4 is 47.5 Å². The number of hydrogen-bond donors (Lipinski definition) is 2. The zero-order chi connectivity index (χ0) is 23.0. The van der Waals surface area contributed by atoms with E-state index in [4.69, 9.17) is 16.3 Å². The van der Waals surface area contributed by atoms with E-state index in [0.717, 1.165) is 11.1 Å². The van der Waals surface area contributed by atoms with Gasteiger partial charge >= 0.3 is 0 Å². The van der Waals surface area contributed by atoms with Gasteiger partial charge in [0.2, 0.25) is 11.8 Å². The summed E-state index contributed by atoms with van der Waals surface area (Å²) in [5.41, 5.74) is 1.70. The van der Waals surface area contributed by atoms with Gasteiger partial charge in [-0.05, 0) is 61.2 Å². The smallest absolute Gasteiger partial charge is 0.222 e. The second-order valence-electron chi connectivity index (χ2n) is 7.73. The SMILES string of the molecule is COc1nc(NSc2ccc(F)cc2Cl)ccc1/C=C/c1cnc(NC2CCCCC2)nc1. The predicted octanol–water partition coefficient (Wildman–Crippen LogP) is 6.71. The number of aromatic nitrogens is 3. The first kappa shape index (κ1) is 23.3. The van der Waals surface area contributed by atoms with E-state index in [2.05, 4.69) is 25.0 Å². The molecule has 1 aromatic carbocycles. The van der Waals surface area contributed by atoms with Gasteiger partial charge in [0.1, 0.15) is 11.6 Å². The normalized spacial score (nSPS) is 14.4. The van der Waals surface area contributed by atoms with Crippen molar-refractivity contribution in [3.05, 3.63) is 64.7 Å². The Labute approximate surface area is 202 Å². The van der Waals surface area contributed by atoms with Crippen LogP contribution in [0.15, 0.2) is 47.6 Å². The van der Waals surface area contributed by atoms with Crippen molar-refractivity contribution in [2.75, 3.05) is 17.1 Å². The molecule has 0 bridgehead atoms. The molecule has 4 rings (SSSR count). The van der Waals surface area contributed by atoms with Crippen LogP contribution in [0.3, 0.4) is 0 Å². The summed E-state index contributed by atoms with van der Waals surface area (Å²) < 4.78 is 21.7. The van der Waals surface area contributed by atoms with Crippen molar-refractivity contribution < 1.29 is 9.13 Å². The Balaban J connectivity index is 1.38. The standard InChI is InChI=1S/C24H25ClFN5OS/c1-32-23-17(9-12-22(30-23)31-33-21-11-10-18(26)13-20(21)25)8-7-16-14-27-24(28-15-16)29-19-5-3-2-4-6-19/h7-15,19H,2-6H2,1H3,(H,30,31)(H,27,28,29)/b8-7+. The number of halogens is 2. The summed E-state index contributed by atoms with van der Waals surface area (Å²) in [5.74, 6) is 1.36. The number of benzene rings is 1. The largest absolute Gasteiger partial charge is 0.481 e. The number of rotatable bonds is 8. The number of pyridine rings is 1. The zero-order valence-corrected chi connectivity index (χ0v) is 19.8. The van der Waals surface area contributed by atoms with Gasteiger partial charge in [-0.15, -0.1) is 0 Å². The van der Waals surface area contributed by atoms with Crippen molar-refractivity contribution in [3.8, 4) is 5.88 Å². The van der Waals surface area contributed by atoms with Crippen LogP contribution >= 0.6 is 23.5 Å². The number of nitrogens with zero attached hydrogens (tertiary/aromatic N) is 3. The number of nitrogens with one attached hydrogen (secondary N) is 2. The highest BCUT2D eigenvalue weighted by molar-refractivity contribution is 8.00. The summed E-state index contributed by atoms with van der Waals surface area (Å²) in [6.07, 6.45) is 13.6. The molecule has 9 heteroatoms. The second-order valence-corrected chi connectivity index (χ2v) is 8.98. The summed E-state index contributed by atoms with van der Waals surface area (Å²) in [6, 6.07) is 8.45. The average molecular weight is 486 g/mol. The Morgan fingerprint density at radius 1 is 1.09 bits per heavy atom. The fraction of sp³-hybridized carbons (Fsp3) is 0.292. The first-order valence-corrected chi connectivity index (χ1v) is 12.0. The predicted molar refractivity (Wildman–Crippen MR) is 133 cm³/mol. The molecule has 33 heavy (non-hydrogen) atoms. The first-order chi connectivity index (χ1) is 16.1. The molecule has 6 nitrogen and oxygen atoms in total. The number of hydrogen-bond acceptors (Lipinski definition) is 7. The Kier molecular flexibility index (Phi) is 8.01. The van der Waals surface area contributed by atoms with Gasteiger partial charge < -0.3 is 14.8 Å². The van der Waals surface area contributed by atoms with Crippen LogP contribution in [-0.2, 0) is 0 Å². The molecule has 0 aliphatic heterocycles. The quantitative estimate of drug-likeness (QED) is 0.343. The first-order valence-electron chi connectivity index (χ1n) is 10.8. The third-order valence-electron chi connectivity index (χ3n) is 5.31. The minimum Gasteiger partial charge on any atom is -0.481 e. The Morgan fingerprint density at radius 3 is 2.61 bits per heavy atom. The molecular weight excluding hydrogens is 461 g/mol.